The van der Waals surface area contributed by atoms with Gasteiger partial charge in [0.1, 0.15) is 16.4 Å². The Morgan fingerprint density at radius 1 is 1.04 bits per heavy atom. The Morgan fingerprint density at radius 3 is 2.46 bits per heavy atom. The average molecular weight is 374 g/mol. The van der Waals surface area contributed by atoms with Crippen LogP contribution in [0.15, 0.2) is 35.2 Å². The number of ether oxygens (including phenoxy) is 2. The fraction of sp³-hybridized carbons (Fsp3) is 0.278. The lowest BCUT2D eigenvalue weighted by atomic mass is 10.1. The molecule has 4 rings (SSSR count). The molecule has 136 valence electrons. The number of carbonyl (C=O) groups excluding carboxylic acids is 1. The van der Waals surface area contributed by atoms with Crippen LogP contribution in [0.3, 0.4) is 0 Å². The molecule has 2 aromatic carbocycles. The van der Waals surface area contributed by atoms with E-state index in [4.69, 9.17) is 9.47 Å². The van der Waals surface area contributed by atoms with Gasteiger partial charge in [0.2, 0.25) is 5.91 Å². The lowest BCUT2D eigenvalue weighted by Gasteiger charge is -2.15. The number of nitrogens with one attached hydrogen (secondary N) is 2. The first-order valence-corrected chi connectivity index (χ1v) is 9.77. The number of hydrogen-bond donors (Lipinski definition) is 2. The molecule has 0 spiro atoms. The van der Waals surface area contributed by atoms with Gasteiger partial charge in [0.15, 0.2) is 0 Å². The van der Waals surface area contributed by atoms with Gasteiger partial charge in [-0.05, 0) is 30.3 Å². The molecule has 2 N–H and O–H groups in total. The smallest absolute Gasteiger partial charge is 0.266 e. The van der Waals surface area contributed by atoms with Crippen molar-refractivity contribution >= 4 is 27.3 Å². The summed E-state index contributed by atoms with van der Waals surface area (Å²) in [5.41, 5.74) is 2.51. The highest BCUT2D eigenvalue weighted by Crippen LogP contribution is 2.43. The Hall–Kier alpha value is -2.74. The molecule has 0 aliphatic carbocycles. The third-order valence-corrected chi connectivity index (χ3v) is 5.80. The molecular weight excluding hydrogens is 356 g/mol. The molecule has 1 amide bonds. The van der Waals surface area contributed by atoms with E-state index < -0.39 is 10.0 Å². The van der Waals surface area contributed by atoms with Crippen LogP contribution in [0, 0.1) is 0 Å². The maximum absolute atomic E-state index is 13.1. The highest BCUT2D eigenvalue weighted by atomic mass is 32.2. The summed E-state index contributed by atoms with van der Waals surface area (Å²) in [5.74, 6) is 0.859. The molecule has 2 aromatic rings. The number of carbonyl (C=O) groups is 1. The molecule has 0 saturated carbocycles. The molecule has 0 radical (unpaired) electrons. The lowest BCUT2D eigenvalue weighted by Crippen LogP contribution is -2.16. The fourth-order valence-electron chi connectivity index (χ4n) is 3.26. The quantitative estimate of drug-likeness (QED) is 0.857. The van der Waals surface area contributed by atoms with Gasteiger partial charge in [0.05, 0.1) is 13.2 Å². The number of sulfonamides is 1. The molecule has 0 unspecified atom stereocenters. The summed E-state index contributed by atoms with van der Waals surface area (Å²) in [5, 5.41) is 2.64. The lowest BCUT2D eigenvalue weighted by molar-refractivity contribution is -0.114. The van der Waals surface area contributed by atoms with Crippen LogP contribution in [-0.4, -0.2) is 27.5 Å². The molecule has 0 atom stereocenters. The summed E-state index contributed by atoms with van der Waals surface area (Å²) in [6.07, 6.45) is 1.20. The van der Waals surface area contributed by atoms with Crippen LogP contribution in [0.25, 0.3) is 0 Å². The van der Waals surface area contributed by atoms with E-state index in [1.54, 1.807) is 24.3 Å². The first-order chi connectivity index (χ1) is 12.4. The van der Waals surface area contributed by atoms with Gasteiger partial charge in [-0.15, -0.1) is 0 Å². The van der Waals surface area contributed by atoms with Crippen molar-refractivity contribution in [2.75, 3.05) is 23.3 Å². The van der Waals surface area contributed by atoms with Crippen molar-refractivity contribution in [3.63, 3.8) is 0 Å². The van der Waals surface area contributed by atoms with E-state index in [2.05, 4.69) is 10.0 Å². The van der Waals surface area contributed by atoms with Crippen molar-refractivity contribution in [2.45, 2.75) is 24.7 Å². The minimum absolute atomic E-state index is 0.172. The minimum Gasteiger partial charge on any atom is -0.493 e. The van der Waals surface area contributed by atoms with Crippen molar-refractivity contribution in [2.24, 2.45) is 0 Å². The van der Waals surface area contributed by atoms with Gasteiger partial charge < -0.3 is 14.8 Å². The van der Waals surface area contributed by atoms with Crippen LogP contribution in [0.1, 0.15) is 18.1 Å². The van der Waals surface area contributed by atoms with Crippen molar-refractivity contribution in [3.05, 3.63) is 41.5 Å². The first-order valence-electron chi connectivity index (χ1n) is 8.29. The number of fused-ring (bicyclic) bond motifs is 2. The normalized spacial score (nSPS) is 14.8. The Bertz CT molecular complexity index is 951. The monoisotopic (exact) mass is 374 g/mol. The third-order valence-electron chi connectivity index (χ3n) is 4.33. The second kappa shape index (κ2) is 6.21. The molecule has 8 heteroatoms. The molecule has 0 bridgehead atoms. The van der Waals surface area contributed by atoms with E-state index in [1.807, 2.05) is 6.07 Å². The highest BCUT2D eigenvalue weighted by Gasteiger charge is 2.33. The molecule has 26 heavy (non-hydrogen) atoms. The number of rotatable bonds is 4. The van der Waals surface area contributed by atoms with Gasteiger partial charge in [0, 0.05) is 42.3 Å². The standard InChI is InChI=1S/C18H18N2O5S/c1-11(21)19-13-2-4-14(5-3-13)20-26(22,23)18-15-7-9-24-16(15)10-12-6-8-25-17(12)18/h2-5,10,20H,6-9H2,1H3,(H,19,21). The summed E-state index contributed by atoms with van der Waals surface area (Å²) in [6.45, 7) is 2.34. The van der Waals surface area contributed by atoms with Crippen molar-refractivity contribution < 1.29 is 22.7 Å². The van der Waals surface area contributed by atoms with E-state index >= 15 is 0 Å². The van der Waals surface area contributed by atoms with Crippen LogP contribution < -0.4 is 19.5 Å². The fourth-order valence-corrected chi connectivity index (χ4v) is 4.77. The Balaban J connectivity index is 1.69. The van der Waals surface area contributed by atoms with Crippen LogP contribution in [0.5, 0.6) is 11.5 Å². The van der Waals surface area contributed by atoms with Gasteiger partial charge in [-0.1, -0.05) is 0 Å². The molecule has 7 nitrogen and oxygen atoms in total. The summed E-state index contributed by atoms with van der Waals surface area (Å²) >= 11 is 0. The van der Waals surface area contributed by atoms with E-state index in [1.165, 1.54) is 6.92 Å². The largest absolute Gasteiger partial charge is 0.493 e. The van der Waals surface area contributed by atoms with E-state index in [9.17, 15) is 13.2 Å². The molecule has 2 heterocycles. The Morgan fingerprint density at radius 2 is 1.73 bits per heavy atom. The van der Waals surface area contributed by atoms with Gasteiger partial charge in [-0.3, -0.25) is 9.52 Å². The summed E-state index contributed by atoms with van der Waals surface area (Å²) in [7, 11) is -3.84. The number of benzene rings is 2. The minimum atomic E-state index is -3.84. The topological polar surface area (TPSA) is 93.7 Å². The van der Waals surface area contributed by atoms with Gasteiger partial charge in [0.25, 0.3) is 10.0 Å². The van der Waals surface area contributed by atoms with Gasteiger partial charge in [-0.2, -0.15) is 0 Å². The van der Waals surface area contributed by atoms with E-state index in [0.29, 0.717) is 54.5 Å². The molecule has 0 fully saturated rings. The van der Waals surface area contributed by atoms with Gasteiger partial charge in [-0.25, -0.2) is 8.42 Å². The maximum Gasteiger partial charge on any atom is 0.266 e. The van der Waals surface area contributed by atoms with Crippen LogP contribution >= 0.6 is 0 Å². The Labute approximate surface area is 151 Å². The predicted octanol–water partition coefficient (Wildman–Crippen LogP) is 2.32. The Kier molecular flexibility index (Phi) is 3.99. The zero-order chi connectivity index (χ0) is 18.3. The molecule has 0 saturated heterocycles. The van der Waals surface area contributed by atoms with E-state index in [0.717, 1.165) is 5.56 Å². The predicted molar refractivity (Wildman–Crippen MR) is 96.4 cm³/mol. The number of anilines is 2. The number of amides is 1. The summed E-state index contributed by atoms with van der Waals surface area (Å²) < 4.78 is 39.9. The SMILES string of the molecule is CC(=O)Nc1ccc(NS(=O)(=O)c2c3c(cc4c2OCC4)OCC3)cc1. The maximum atomic E-state index is 13.1. The van der Waals surface area contributed by atoms with Crippen molar-refractivity contribution in [1.29, 1.82) is 0 Å². The first kappa shape index (κ1) is 16.7. The van der Waals surface area contributed by atoms with Crippen LogP contribution in [0.2, 0.25) is 0 Å². The number of hydrogen-bond acceptors (Lipinski definition) is 5. The van der Waals surface area contributed by atoms with Crippen LogP contribution in [0.4, 0.5) is 11.4 Å². The van der Waals surface area contributed by atoms with E-state index in [-0.39, 0.29) is 10.8 Å². The zero-order valence-electron chi connectivity index (χ0n) is 14.2. The summed E-state index contributed by atoms with van der Waals surface area (Å²) in [4.78, 5) is 11.3. The molecular formula is C18H18N2O5S. The summed E-state index contributed by atoms with van der Waals surface area (Å²) in [6, 6.07) is 8.36. The third kappa shape index (κ3) is 2.96. The van der Waals surface area contributed by atoms with Crippen molar-refractivity contribution in [1.82, 2.24) is 0 Å². The molecule has 2 aliphatic rings. The highest BCUT2D eigenvalue weighted by molar-refractivity contribution is 7.92. The second-order valence-electron chi connectivity index (χ2n) is 6.23. The molecule has 0 aromatic heterocycles. The van der Waals surface area contributed by atoms with Crippen molar-refractivity contribution in [3.8, 4) is 11.5 Å². The zero-order valence-corrected chi connectivity index (χ0v) is 15.0. The van der Waals surface area contributed by atoms with Crippen LogP contribution in [-0.2, 0) is 27.7 Å². The average Bonchev–Trinajstić information content (AvgIpc) is 3.21. The van der Waals surface area contributed by atoms with Gasteiger partial charge >= 0.3 is 0 Å². The second-order valence-corrected chi connectivity index (χ2v) is 7.85. The molecule has 2 aliphatic heterocycles.